The van der Waals surface area contributed by atoms with Gasteiger partial charge in [-0.2, -0.15) is 0 Å². The zero-order valence-corrected chi connectivity index (χ0v) is 47.1. The smallest absolute Gasteiger partial charge is 0.168 e. The van der Waals surface area contributed by atoms with Crippen molar-refractivity contribution >= 4 is 11.0 Å². The van der Waals surface area contributed by atoms with Gasteiger partial charge in [-0.1, -0.05) is 219 Å². The Bertz CT molecular complexity index is 3880. The Kier molecular flexibility index (Phi) is 13.9. The van der Waals surface area contributed by atoms with Crippen molar-refractivity contribution in [3.63, 3.8) is 0 Å². The summed E-state index contributed by atoms with van der Waals surface area (Å²) in [6.07, 6.45) is 1.86. The number of phenols is 1. The predicted octanol–water partition coefficient (Wildman–Crippen LogP) is 17.2. The second-order valence-electron chi connectivity index (χ2n) is 22.7. The van der Waals surface area contributed by atoms with Gasteiger partial charge in [0.1, 0.15) is 11.6 Å². The Morgan fingerprint density at radius 1 is 0.468 bits per heavy atom. The van der Waals surface area contributed by atoms with Crippen LogP contribution in [-0.4, -0.2) is 34.4 Å². The summed E-state index contributed by atoms with van der Waals surface area (Å²) in [5, 5.41) is 22.2. The van der Waals surface area contributed by atoms with E-state index in [2.05, 4.69) is 117 Å². The summed E-state index contributed by atoms with van der Waals surface area (Å²) < 4.78 is 22.7. The van der Waals surface area contributed by atoms with Crippen molar-refractivity contribution in [1.82, 2.24) is 29.3 Å². The van der Waals surface area contributed by atoms with Gasteiger partial charge < -0.3 is 5.11 Å². The second-order valence-corrected chi connectivity index (χ2v) is 22.7. The van der Waals surface area contributed by atoms with Crippen LogP contribution in [0.15, 0.2) is 194 Å². The van der Waals surface area contributed by atoms with Gasteiger partial charge in [-0.15, -0.1) is 39.5 Å². The van der Waals surface area contributed by atoms with Gasteiger partial charge in [0.25, 0.3) is 0 Å². The van der Waals surface area contributed by atoms with E-state index in [1.165, 1.54) is 0 Å². The standard InChI is InChI=1S/C68H60FN6O.Pt/c1-66(2,3)50-38-48(37-49(39-50)55-40-47(35-36-70-55)43-23-14-10-15-24-43)52-31-22-32-58-61(52)71-65(53-41-51(67(4,5)6)42-54(62(53)76)68(7,8)9)74(58)56-33-34-57(60(69)59(56)44-25-16-11-17-26-44)75-63(45-27-18-12-19-28-45)72-73-64(75)46-29-20-13-21-30-46;/h10-36,38-42,76H,1-9H3;/q-1;. The van der Waals surface area contributed by atoms with Gasteiger partial charge in [0.2, 0.25) is 0 Å². The first-order valence-electron chi connectivity index (χ1n) is 25.9. The van der Waals surface area contributed by atoms with Crippen LogP contribution in [0.2, 0.25) is 0 Å². The number of hydrogen-bond acceptors (Lipinski definition) is 5. The molecule has 3 heterocycles. The molecule has 77 heavy (non-hydrogen) atoms. The molecular formula is C68H60FN6OPt-. The van der Waals surface area contributed by atoms with E-state index in [0.717, 1.165) is 61.3 Å². The molecule has 0 unspecified atom stereocenters. The van der Waals surface area contributed by atoms with Gasteiger partial charge in [0.05, 0.1) is 28.0 Å². The van der Waals surface area contributed by atoms with Crippen LogP contribution in [0.3, 0.4) is 0 Å². The van der Waals surface area contributed by atoms with Crippen LogP contribution >= 0.6 is 0 Å². The number of phenolic OH excluding ortho intramolecular Hbond substituents is 1. The Morgan fingerprint density at radius 3 is 1.57 bits per heavy atom. The van der Waals surface area contributed by atoms with Crippen LogP contribution < -0.4 is 0 Å². The van der Waals surface area contributed by atoms with Crippen LogP contribution in [0, 0.1) is 11.9 Å². The SMILES string of the molecule is CC(C)(C)c1cc(-c2cc(-c3ccccc3)ccn2)[c-]c(-c2cccc3c2nc(-c2cc(C(C)(C)C)cc(C(C)(C)C)c2O)n3-c2ccc(-n3c(-c4ccccc4)nnc3-c3ccccc3)c(F)c2-c2ccccc2)c1.[Pt]. The number of aromatic nitrogens is 6. The normalized spacial score (nSPS) is 12.0. The number of halogens is 1. The molecule has 0 spiro atoms. The fourth-order valence-electron chi connectivity index (χ4n) is 10.1. The van der Waals surface area contributed by atoms with Gasteiger partial charge in [-0.25, -0.2) is 9.37 Å². The Balaban J connectivity index is 0.00000672. The minimum absolute atomic E-state index is 0. The van der Waals surface area contributed by atoms with Crippen molar-refractivity contribution < 1.29 is 30.6 Å². The van der Waals surface area contributed by atoms with Gasteiger partial charge >= 0.3 is 0 Å². The molecule has 3 aromatic heterocycles. The molecule has 0 aliphatic carbocycles. The molecule has 11 aromatic rings. The first-order valence-corrected chi connectivity index (χ1v) is 25.9. The minimum atomic E-state index is -0.481. The molecule has 0 fully saturated rings. The minimum Gasteiger partial charge on any atom is -0.507 e. The molecule has 0 aliphatic rings. The zero-order chi connectivity index (χ0) is 53.1. The van der Waals surface area contributed by atoms with Crippen LogP contribution in [0.1, 0.15) is 79.0 Å². The van der Waals surface area contributed by atoms with Crippen molar-refractivity contribution in [2.24, 2.45) is 0 Å². The molecule has 0 saturated carbocycles. The topological polar surface area (TPSA) is 81.7 Å². The molecule has 1 N–H and O–H groups in total. The number of imidazole rings is 1. The number of fused-ring (bicyclic) bond motifs is 1. The Hall–Kier alpha value is -8.06. The number of para-hydroxylation sites is 1. The summed E-state index contributed by atoms with van der Waals surface area (Å²) in [5.74, 6) is 1.10. The maximum atomic E-state index is 18.9. The van der Waals surface area contributed by atoms with Gasteiger partial charge in [-0.3, -0.25) is 14.1 Å². The van der Waals surface area contributed by atoms with Crippen LogP contribution in [0.4, 0.5) is 4.39 Å². The number of hydrogen-bond donors (Lipinski definition) is 1. The fourth-order valence-corrected chi connectivity index (χ4v) is 10.1. The first-order chi connectivity index (χ1) is 36.4. The largest absolute Gasteiger partial charge is 0.507 e. The Morgan fingerprint density at radius 2 is 1.00 bits per heavy atom. The van der Waals surface area contributed by atoms with E-state index in [1.807, 2.05) is 155 Å². The molecule has 8 aromatic carbocycles. The van der Waals surface area contributed by atoms with E-state index in [9.17, 15) is 5.11 Å². The predicted molar refractivity (Wildman–Crippen MR) is 308 cm³/mol. The first kappa shape index (κ1) is 52.4. The summed E-state index contributed by atoms with van der Waals surface area (Å²) >= 11 is 0. The summed E-state index contributed by atoms with van der Waals surface area (Å²) in [6, 6.07) is 65.9. The summed E-state index contributed by atoms with van der Waals surface area (Å²) in [5.41, 5.74) is 12.7. The van der Waals surface area contributed by atoms with Crippen LogP contribution in [-0.2, 0) is 37.3 Å². The van der Waals surface area contributed by atoms with Crippen LogP contribution in [0.25, 0.3) is 101 Å². The van der Waals surface area contributed by atoms with E-state index in [0.29, 0.717) is 50.9 Å². The van der Waals surface area contributed by atoms with E-state index in [1.54, 1.807) is 0 Å². The third-order valence-electron chi connectivity index (χ3n) is 14.2. The van der Waals surface area contributed by atoms with Crippen molar-refractivity contribution in [3.8, 4) is 95.9 Å². The third kappa shape index (κ3) is 9.99. The van der Waals surface area contributed by atoms with Crippen LogP contribution in [0.5, 0.6) is 5.75 Å². The van der Waals surface area contributed by atoms with E-state index in [4.69, 9.17) is 20.2 Å². The number of rotatable bonds is 9. The average molecular weight is 1190 g/mol. The molecule has 0 amide bonds. The maximum Gasteiger partial charge on any atom is 0.168 e. The summed E-state index contributed by atoms with van der Waals surface area (Å²) in [6.45, 7) is 19.5. The number of benzene rings is 8. The van der Waals surface area contributed by atoms with E-state index < -0.39 is 11.2 Å². The summed E-state index contributed by atoms with van der Waals surface area (Å²) in [4.78, 5) is 10.6. The van der Waals surface area contributed by atoms with Crippen molar-refractivity contribution in [2.45, 2.75) is 78.6 Å². The maximum absolute atomic E-state index is 18.9. The quantitative estimate of drug-likeness (QED) is 0.146. The molecule has 386 valence electrons. The summed E-state index contributed by atoms with van der Waals surface area (Å²) in [7, 11) is 0. The van der Waals surface area contributed by atoms with Crippen molar-refractivity contribution in [1.29, 1.82) is 0 Å². The molecule has 0 aliphatic heterocycles. The van der Waals surface area contributed by atoms with E-state index in [-0.39, 0.29) is 43.3 Å². The molecule has 9 heteroatoms. The average Bonchev–Trinajstić information content (AvgIpc) is 4.10. The van der Waals surface area contributed by atoms with Gasteiger partial charge in [0.15, 0.2) is 17.5 Å². The molecule has 0 saturated heterocycles. The molecular weight excluding hydrogens is 1130 g/mol. The van der Waals surface area contributed by atoms with Gasteiger partial charge in [0, 0.05) is 55.2 Å². The number of pyridine rings is 1. The molecule has 0 radical (unpaired) electrons. The van der Waals surface area contributed by atoms with E-state index >= 15 is 4.39 Å². The monoisotopic (exact) mass is 1190 g/mol. The van der Waals surface area contributed by atoms with Crippen molar-refractivity contribution in [2.75, 3.05) is 0 Å². The second kappa shape index (κ2) is 20.5. The number of nitrogens with zero attached hydrogens (tertiary/aromatic N) is 6. The Labute approximate surface area is 465 Å². The number of aromatic hydroxyl groups is 1. The molecule has 0 bridgehead atoms. The molecule has 7 nitrogen and oxygen atoms in total. The fraction of sp³-hybridized carbons (Fsp3) is 0.176. The van der Waals surface area contributed by atoms with Crippen molar-refractivity contribution in [3.05, 3.63) is 223 Å². The zero-order valence-electron chi connectivity index (χ0n) is 44.8. The third-order valence-corrected chi connectivity index (χ3v) is 14.2. The van der Waals surface area contributed by atoms with Gasteiger partial charge in [-0.05, 0) is 68.8 Å². The molecule has 11 rings (SSSR count). The molecule has 0 atom stereocenters.